The van der Waals surface area contributed by atoms with E-state index in [1.807, 2.05) is 0 Å². The van der Waals surface area contributed by atoms with E-state index in [1.165, 1.54) is 0 Å². The van der Waals surface area contributed by atoms with Crippen molar-refractivity contribution in [1.82, 2.24) is 0 Å². The van der Waals surface area contributed by atoms with Crippen LogP contribution in [0.25, 0.3) is 0 Å². The molecule has 0 aliphatic rings. The molecule has 0 amide bonds. The lowest BCUT2D eigenvalue weighted by Crippen LogP contribution is -2.19. The molecule has 0 aliphatic carbocycles. The summed E-state index contributed by atoms with van der Waals surface area (Å²) in [6, 6.07) is 0. The van der Waals surface area contributed by atoms with Crippen LogP contribution in [0.3, 0.4) is 0 Å². The molecular weight excluding hydrogens is 220 g/mol. The van der Waals surface area contributed by atoms with Crippen molar-refractivity contribution >= 4 is 11.9 Å². The van der Waals surface area contributed by atoms with Crippen molar-refractivity contribution in [3.63, 3.8) is 0 Å². The number of ether oxygens (including phenoxy) is 2. The predicted octanol–water partition coefficient (Wildman–Crippen LogP) is 2.84. The quantitative estimate of drug-likeness (QED) is 0.585. The Morgan fingerprint density at radius 2 is 1.47 bits per heavy atom. The highest BCUT2D eigenvalue weighted by atomic mass is 16.5. The third-order valence-electron chi connectivity index (χ3n) is 2.36. The zero-order valence-electron chi connectivity index (χ0n) is 11.2. The van der Waals surface area contributed by atoms with Gasteiger partial charge in [-0.05, 0) is 19.8 Å². The Morgan fingerprint density at radius 1 is 0.941 bits per heavy atom. The van der Waals surface area contributed by atoms with Crippen molar-refractivity contribution in [3.8, 4) is 0 Å². The maximum absolute atomic E-state index is 11.5. The standard InChI is InChI=1S/C13H24O4/c1-4-7-11(8-5-2)17-13(15)10-9-12(14)16-6-3/h11H,4-10H2,1-3H3. The molecule has 0 aromatic carbocycles. The van der Waals surface area contributed by atoms with Crippen molar-refractivity contribution < 1.29 is 19.1 Å². The van der Waals surface area contributed by atoms with Gasteiger partial charge in [0.2, 0.25) is 0 Å². The van der Waals surface area contributed by atoms with Crippen LogP contribution in [0.5, 0.6) is 0 Å². The second-order valence-electron chi connectivity index (χ2n) is 3.99. The Hall–Kier alpha value is -1.06. The Bertz CT molecular complexity index is 219. The molecule has 0 spiro atoms. The topological polar surface area (TPSA) is 52.6 Å². The van der Waals surface area contributed by atoms with Crippen molar-refractivity contribution in [1.29, 1.82) is 0 Å². The van der Waals surface area contributed by atoms with E-state index in [4.69, 9.17) is 9.47 Å². The molecule has 0 rings (SSSR count). The minimum Gasteiger partial charge on any atom is -0.466 e. The van der Waals surface area contributed by atoms with E-state index in [-0.39, 0.29) is 30.9 Å². The average Bonchev–Trinajstić information content (AvgIpc) is 2.27. The van der Waals surface area contributed by atoms with Crippen LogP contribution in [-0.2, 0) is 19.1 Å². The summed E-state index contributed by atoms with van der Waals surface area (Å²) >= 11 is 0. The number of hydrogen-bond acceptors (Lipinski definition) is 4. The normalized spacial score (nSPS) is 10.4. The van der Waals surface area contributed by atoms with Gasteiger partial charge in [0, 0.05) is 0 Å². The van der Waals surface area contributed by atoms with Crippen LogP contribution in [-0.4, -0.2) is 24.6 Å². The zero-order chi connectivity index (χ0) is 13.1. The molecule has 0 atom stereocenters. The average molecular weight is 244 g/mol. The van der Waals surface area contributed by atoms with Crippen LogP contribution >= 0.6 is 0 Å². The van der Waals surface area contributed by atoms with Gasteiger partial charge in [-0.3, -0.25) is 9.59 Å². The molecule has 0 fully saturated rings. The highest BCUT2D eigenvalue weighted by molar-refractivity contribution is 5.77. The first kappa shape index (κ1) is 15.9. The van der Waals surface area contributed by atoms with E-state index in [1.54, 1.807) is 6.92 Å². The molecule has 0 aromatic rings. The van der Waals surface area contributed by atoms with Crippen LogP contribution in [0.1, 0.15) is 59.3 Å². The highest BCUT2D eigenvalue weighted by Crippen LogP contribution is 2.11. The van der Waals surface area contributed by atoms with Gasteiger partial charge in [-0.2, -0.15) is 0 Å². The molecule has 4 nitrogen and oxygen atoms in total. The van der Waals surface area contributed by atoms with E-state index >= 15 is 0 Å². The van der Waals surface area contributed by atoms with Crippen molar-refractivity contribution in [3.05, 3.63) is 0 Å². The second kappa shape index (κ2) is 10.1. The summed E-state index contributed by atoms with van der Waals surface area (Å²) in [4.78, 5) is 22.5. The van der Waals surface area contributed by atoms with Crippen LogP contribution in [0, 0.1) is 0 Å². The molecule has 0 radical (unpaired) electrons. The first-order chi connectivity index (χ1) is 8.13. The van der Waals surface area contributed by atoms with Gasteiger partial charge >= 0.3 is 11.9 Å². The molecule has 0 aromatic heterocycles. The summed E-state index contributed by atoms with van der Waals surface area (Å²) in [6.07, 6.45) is 3.99. The summed E-state index contributed by atoms with van der Waals surface area (Å²) in [6.45, 7) is 6.22. The molecule has 4 heteroatoms. The largest absolute Gasteiger partial charge is 0.466 e. The molecule has 0 heterocycles. The Balaban J connectivity index is 3.84. The lowest BCUT2D eigenvalue weighted by atomic mass is 10.1. The first-order valence-electron chi connectivity index (χ1n) is 6.49. The van der Waals surface area contributed by atoms with Gasteiger partial charge in [0.1, 0.15) is 6.10 Å². The Kier molecular flexibility index (Phi) is 9.49. The fourth-order valence-corrected chi connectivity index (χ4v) is 1.59. The first-order valence-corrected chi connectivity index (χ1v) is 6.49. The smallest absolute Gasteiger partial charge is 0.306 e. The van der Waals surface area contributed by atoms with Crippen LogP contribution < -0.4 is 0 Å². The highest BCUT2D eigenvalue weighted by Gasteiger charge is 2.14. The summed E-state index contributed by atoms with van der Waals surface area (Å²) in [5, 5.41) is 0. The van der Waals surface area contributed by atoms with Gasteiger partial charge in [-0.25, -0.2) is 0 Å². The van der Waals surface area contributed by atoms with Gasteiger partial charge in [-0.15, -0.1) is 0 Å². The summed E-state index contributed by atoms with van der Waals surface area (Å²) in [7, 11) is 0. The third kappa shape index (κ3) is 8.72. The van der Waals surface area contributed by atoms with E-state index in [0.29, 0.717) is 6.61 Å². The number of carbonyl (C=O) groups is 2. The molecule has 0 N–H and O–H groups in total. The predicted molar refractivity (Wildman–Crippen MR) is 65.6 cm³/mol. The number of carbonyl (C=O) groups excluding carboxylic acids is 2. The molecule has 100 valence electrons. The van der Waals surface area contributed by atoms with Crippen molar-refractivity contribution in [2.75, 3.05) is 6.61 Å². The maximum Gasteiger partial charge on any atom is 0.306 e. The van der Waals surface area contributed by atoms with Crippen LogP contribution in [0.2, 0.25) is 0 Å². The molecule has 0 saturated carbocycles. The fourth-order valence-electron chi connectivity index (χ4n) is 1.59. The van der Waals surface area contributed by atoms with Crippen LogP contribution in [0.4, 0.5) is 0 Å². The minimum atomic E-state index is -0.341. The maximum atomic E-state index is 11.5. The number of hydrogen-bond donors (Lipinski definition) is 0. The lowest BCUT2D eigenvalue weighted by molar-refractivity contribution is -0.154. The molecule has 0 bridgehead atoms. The molecule has 0 aliphatic heterocycles. The van der Waals surface area contributed by atoms with E-state index in [2.05, 4.69) is 13.8 Å². The molecule has 0 saturated heterocycles. The van der Waals surface area contributed by atoms with E-state index in [9.17, 15) is 9.59 Å². The Labute approximate surface area is 104 Å². The number of rotatable bonds is 9. The summed E-state index contributed by atoms with van der Waals surface area (Å²) in [5.74, 6) is -0.642. The van der Waals surface area contributed by atoms with Gasteiger partial charge in [0.15, 0.2) is 0 Å². The molecule has 17 heavy (non-hydrogen) atoms. The monoisotopic (exact) mass is 244 g/mol. The van der Waals surface area contributed by atoms with Gasteiger partial charge in [0.05, 0.1) is 19.4 Å². The van der Waals surface area contributed by atoms with Crippen molar-refractivity contribution in [2.24, 2.45) is 0 Å². The third-order valence-corrected chi connectivity index (χ3v) is 2.36. The van der Waals surface area contributed by atoms with E-state index in [0.717, 1.165) is 25.7 Å². The van der Waals surface area contributed by atoms with Gasteiger partial charge in [-0.1, -0.05) is 26.7 Å². The Morgan fingerprint density at radius 3 is 1.94 bits per heavy atom. The fraction of sp³-hybridized carbons (Fsp3) is 0.846. The summed E-state index contributed by atoms with van der Waals surface area (Å²) < 4.78 is 10.1. The molecular formula is C13H24O4. The summed E-state index contributed by atoms with van der Waals surface area (Å²) in [5.41, 5.74) is 0. The lowest BCUT2D eigenvalue weighted by Gasteiger charge is -2.16. The van der Waals surface area contributed by atoms with Crippen LogP contribution in [0.15, 0.2) is 0 Å². The molecule has 0 unspecified atom stereocenters. The zero-order valence-corrected chi connectivity index (χ0v) is 11.2. The van der Waals surface area contributed by atoms with Crippen molar-refractivity contribution in [2.45, 2.75) is 65.4 Å². The van der Waals surface area contributed by atoms with Gasteiger partial charge in [0.25, 0.3) is 0 Å². The SMILES string of the molecule is CCCC(CCC)OC(=O)CCC(=O)OCC. The number of esters is 2. The van der Waals surface area contributed by atoms with Gasteiger partial charge < -0.3 is 9.47 Å². The minimum absolute atomic E-state index is 0.000282. The second-order valence-corrected chi connectivity index (χ2v) is 3.99. The van der Waals surface area contributed by atoms with E-state index < -0.39 is 0 Å².